The van der Waals surface area contributed by atoms with Crippen molar-refractivity contribution in [3.8, 4) is 0 Å². The number of allylic oxidation sites excluding steroid dienone is 2. The number of nitrogens with zero attached hydrogens (tertiary/aromatic N) is 2. The molecule has 0 amide bonds. The Balaban J connectivity index is 1.44. The molecule has 9 heteroatoms. The number of non-ortho nitro benzene ring substituents is 1. The van der Waals surface area contributed by atoms with Gasteiger partial charge in [-0.3, -0.25) is 10.1 Å². The van der Waals surface area contributed by atoms with Gasteiger partial charge >= 0.3 is 11.9 Å². The predicted molar refractivity (Wildman–Crippen MR) is 160 cm³/mol. The van der Waals surface area contributed by atoms with Crippen molar-refractivity contribution in [2.45, 2.75) is 32.1 Å². The molecule has 42 heavy (non-hydrogen) atoms. The van der Waals surface area contributed by atoms with E-state index in [9.17, 15) is 24.8 Å². The van der Waals surface area contributed by atoms with Crippen molar-refractivity contribution >= 4 is 17.6 Å². The lowest BCUT2D eigenvalue weighted by molar-refractivity contribution is -0.384. The summed E-state index contributed by atoms with van der Waals surface area (Å²) in [6.07, 6.45) is 0.869. The van der Waals surface area contributed by atoms with Crippen LogP contribution in [0.5, 0.6) is 0 Å². The minimum absolute atomic E-state index is 0.0574. The number of nitrogens with one attached hydrogen (secondary N) is 1. The molecule has 0 spiro atoms. The highest BCUT2D eigenvalue weighted by Gasteiger charge is 2.37. The van der Waals surface area contributed by atoms with E-state index in [2.05, 4.69) is 34.5 Å². The number of benzene rings is 3. The summed E-state index contributed by atoms with van der Waals surface area (Å²) in [5.41, 5.74) is 3.48. The van der Waals surface area contributed by atoms with Crippen molar-refractivity contribution in [1.82, 2.24) is 10.2 Å². The monoisotopic (exact) mass is 569 g/mol. The third-order valence-corrected chi connectivity index (χ3v) is 7.53. The van der Waals surface area contributed by atoms with E-state index >= 15 is 0 Å². The molecule has 218 valence electrons. The molecule has 1 aliphatic heterocycles. The minimum atomic E-state index is -1.22. The smallest absolute Gasteiger partial charge is 0.336 e. The Morgan fingerprint density at radius 1 is 0.929 bits per heavy atom. The number of nitro benzene ring substituents is 1. The molecule has 0 aliphatic carbocycles. The highest BCUT2D eigenvalue weighted by molar-refractivity contribution is 5.99. The fraction of sp³-hybridized carbons (Fsp3) is 0.273. The van der Waals surface area contributed by atoms with Gasteiger partial charge in [-0.25, -0.2) is 9.59 Å². The van der Waals surface area contributed by atoms with Gasteiger partial charge in [0.05, 0.1) is 22.0 Å². The molecular weight excluding hydrogens is 534 g/mol. The standard InChI is InChI=1S/C33H35N3O6/c1-22-29(32(37)38)31(26-15-10-16-27(21-26)36(40)41)30(23(2)34-22)33(39)42-20-19-35(3)18-17-28(24-11-6-4-7-12-24)25-13-8-5-9-14-25/h4-16,21,28,31,34H,17-20H2,1-3H3,(H,37,38). The number of likely N-dealkylation sites (N-methyl/N-ethyl adjacent to an activating group) is 1. The van der Waals surface area contributed by atoms with Gasteiger partial charge in [-0.05, 0) is 50.6 Å². The number of hydrogen-bond acceptors (Lipinski definition) is 7. The van der Waals surface area contributed by atoms with Gasteiger partial charge < -0.3 is 20.1 Å². The first kappa shape index (κ1) is 30.2. The molecule has 1 unspecified atom stereocenters. The molecule has 9 nitrogen and oxygen atoms in total. The summed E-state index contributed by atoms with van der Waals surface area (Å²) >= 11 is 0. The van der Waals surface area contributed by atoms with Gasteiger partial charge in [0.1, 0.15) is 6.61 Å². The number of rotatable bonds is 12. The summed E-state index contributed by atoms with van der Waals surface area (Å²) in [6, 6.07) is 26.4. The van der Waals surface area contributed by atoms with E-state index in [1.165, 1.54) is 29.3 Å². The lowest BCUT2D eigenvalue weighted by atomic mass is 9.80. The van der Waals surface area contributed by atoms with Crippen LogP contribution >= 0.6 is 0 Å². The number of dihydropyridines is 1. The molecule has 1 atom stereocenters. The van der Waals surface area contributed by atoms with Crippen molar-refractivity contribution in [3.05, 3.63) is 134 Å². The average Bonchev–Trinajstić information content (AvgIpc) is 2.97. The SMILES string of the molecule is CC1=C(C(=O)O)C(c2cccc([N+](=O)[O-])c2)C(C(=O)OCCN(C)CCC(c2ccccc2)c2ccccc2)=C(C)N1. The number of hydrogen-bond donors (Lipinski definition) is 2. The number of carbonyl (C=O) groups excluding carboxylic acids is 1. The number of carboxylic acid groups (broad SMARTS) is 1. The van der Waals surface area contributed by atoms with Crippen LogP contribution in [0.4, 0.5) is 5.69 Å². The Labute approximate surface area is 245 Å². The second-order valence-electron chi connectivity index (χ2n) is 10.4. The molecule has 4 rings (SSSR count). The van der Waals surface area contributed by atoms with Crippen molar-refractivity contribution in [2.75, 3.05) is 26.7 Å². The van der Waals surface area contributed by atoms with Crippen LogP contribution in [0.25, 0.3) is 0 Å². The van der Waals surface area contributed by atoms with Crippen LogP contribution in [-0.4, -0.2) is 53.6 Å². The minimum Gasteiger partial charge on any atom is -0.478 e. The van der Waals surface area contributed by atoms with Gasteiger partial charge in [-0.15, -0.1) is 0 Å². The van der Waals surface area contributed by atoms with Gasteiger partial charge in [-0.1, -0.05) is 72.8 Å². The molecule has 2 N–H and O–H groups in total. The Kier molecular flexibility index (Phi) is 9.88. The number of carbonyl (C=O) groups is 2. The van der Waals surface area contributed by atoms with Crippen LogP contribution in [0.1, 0.15) is 48.8 Å². The highest BCUT2D eigenvalue weighted by atomic mass is 16.6. The van der Waals surface area contributed by atoms with Gasteiger partial charge in [-0.2, -0.15) is 0 Å². The summed E-state index contributed by atoms with van der Waals surface area (Å²) in [6.45, 7) is 4.61. The number of esters is 1. The molecule has 0 saturated heterocycles. The predicted octanol–water partition coefficient (Wildman–Crippen LogP) is 5.61. The average molecular weight is 570 g/mol. The van der Waals surface area contributed by atoms with E-state index in [4.69, 9.17) is 4.74 Å². The third kappa shape index (κ3) is 7.11. The molecule has 0 bridgehead atoms. The van der Waals surface area contributed by atoms with Crippen LogP contribution in [0.2, 0.25) is 0 Å². The topological polar surface area (TPSA) is 122 Å². The van der Waals surface area contributed by atoms with Gasteiger partial charge in [0.2, 0.25) is 0 Å². The Morgan fingerprint density at radius 3 is 2.10 bits per heavy atom. The largest absolute Gasteiger partial charge is 0.478 e. The fourth-order valence-corrected chi connectivity index (χ4v) is 5.43. The first-order chi connectivity index (χ1) is 20.2. The molecule has 0 fully saturated rings. The molecule has 3 aromatic rings. The zero-order chi connectivity index (χ0) is 30.2. The lowest BCUT2D eigenvalue weighted by Crippen LogP contribution is -2.33. The molecule has 0 radical (unpaired) electrons. The van der Waals surface area contributed by atoms with E-state index in [1.54, 1.807) is 19.9 Å². The first-order valence-electron chi connectivity index (χ1n) is 13.8. The number of aliphatic carboxylic acids is 1. The van der Waals surface area contributed by atoms with Crippen molar-refractivity contribution in [1.29, 1.82) is 0 Å². The molecule has 0 saturated carbocycles. The van der Waals surface area contributed by atoms with E-state index < -0.39 is 22.8 Å². The van der Waals surface area contributed by atoms with Crippen LogP contribution < -0.4 is 5.32 Å². The van der Waals surface area contributed by atoms with E-state index in [1.807, 2.05) is 43.4 Å². The van der Waals surface area contributed by atoms with E-state index in [0.29, 0.717) is 23.5 Å². The van der Waals surface area contributed by atoms with Gasteiger partial charge in [0.25, 0.3) is 5.69 Å². The number of nitro groups is 1. The first-order valence-corrected chi connectivity index (χ1v) is 13.8. The van der Waals surface area contributed by atoms with Crippen molar-refractivity contribution in [3.63, 3.8) is 0 Å². The highest BCUT2D eigenvalue weighted by Crippen LogP contribution is 2.39. The summed E-state index contributed by atoms with van der Waals surface area (Å²) < 4.78 is 5.66. The summed E-state index contributed by atoms with van der Waals surface area (Å²) in [4.78, 5) is 38.6. The van der Waals surface area contributed by atoms with Gasteiger partial charge in [0, 0.05) is 36.0 Å². The van der Waals surface area contributed by atoms with E-state index in [0.717, 1.165) is 13.0 Å². The summed E-state index contributed by atoms with van der Waals surface area (Å²) in [7, 11) is 1.97. The molecule has 0 aromatic heterocycles. The molecule has 1 aliphatic rings. The lowest BCUT2D eigenvalue weighted by Gasteiger charge is -2.29. The number of carboxylic acids is 1. The van der Waals surface area contributed by atoms with E-state index in [-0.39, 0.29) is 29.4 Å². The zero-order valence-electron chi connectivity index (χ0n) is 23.9. The fourth-order valence-electron chi connectivity index (χ4n) is 5.43. The van der Waals surface area contributed by atoms with Crippen LogP contribution in [0.15, 0.2) is 107 Å². The maximum atomic E-state index is 13.4. The van der Waals surface area contributed by atoms with Crippen molar-refractivity contribution < 1.29 is 24.4 Å². The Hall–Kier alpha value is -4.76. The Bertz CT molecular complexity index is 1460. The van der Waals surface area contributed by atoms with Crippen LogP contribution in [-0.2, 0) is 14.3 Å². The van der Waals surface area contributed by atoms with Crippen LogP contribution in [0, 0.1) is 10.1 Å². The maximum Gasteiger partial charge on any atom is 0.336 e. The third-order valence-electron chi connectivity index (χ3n) is 7.53. The molecular formula is C33H35N3O6. The second kappa shape index (κ2) is 13.7. The van der Waals surface area contributed by atoms with Crippen molar-refractivity contribution in [2.24, 2.45) is 0 Å². The number of ether oxygens (including phenoxy) is 1. The maximum absolute atomic E-state index is 13.4. The molecule has 3 aromatic carbocycles. The van der Waals surface area contributed by atoms with Crippen LogP contribution in [0.3, 0.4) is 0 Å². The summed E-state index contributed by atoms with van der Waals surface area (Å²) in [5, 5.41) is 24.4. The zero-order valence-corrected chi connectivity index (χ0v) is 23.9. The normalized spacial score (nSPS) is 15.1. The summed E-state index contributed by atoms with van der Waals surface area (Å²) in [5.74, 6) is -2.69. The second-order valence-corrected chi connectivity index (χ2v) is 10.4. The van der Waals surface area contributed by atoms with Gasteiger partial charge in [0.15, 0.2) is 0 Å². The Morgan fingerprint density at radius 2 is 1.52 bits per heavy atom. The molecule has 1 heterocycles. The quantitative estimate of drug-likeness (QED) is 0.164.